The number of thiol groups is 1. The van der Waals surface area contributed by atoms with Gasteiger partial charge >= 0.3 is 0 Å². The van der Waals surface area contributed by atoms with Crippen molar-refractivity contribution < 1.29 is 14.2 Å². The van der Waals surface area contributed by atoms with Gasteiger partial charge in [0.1, 0.15) is 12.4 Å². The molecule has 5 nitrogen and oxygen atoms in total. The number of aryl methyl sites for hydroxylation is 1. The van der Waals surface area contributed by atoms with Crippen molar-refractivity contribution >= 4 is 23.5 Å². The Morgan fingerprint density at radius 1 is 1.09 bits per heavy atom. The normalized spacial score (nSPS) is 11.3. The molecule has 0 saturated carbocycles. The number of rotatable bonds is 11. The van der Waals surface area contributed by atoms with Gasteiger partial charge in [-0.1, -0.05) is 0 Å². The van der Waals surface area contributed by atoms with Crippen molar-refractivity contribution in [3.8, 4) is 5.75 Å². The largest absolute Gasteiger partial charge is 0.491 e. The van der Waals surface area contributed by atoms with Gasteiger partial charge in [-0.3, -0.25) is 0 Å². The molecule has 0 atom stereocenters. The molecule has 0 aliphatic heterocycles. The maximum absolute atomic E-state index is 5.76. The molecule has 1 heterocycles. The topological polar surface area (TPSA) is 69.5 Å². The molecular weight excluding hydrogens is 312 g/mol. The van der Waals surface area contributed by atoms with E-state index in [1.807, 2.05) is 12.1 Å². The molecule has 0 bridgehead atoms. The average molecular weight is 338 g/mol. The van der Waals surface area contributed by atoms with Crippen LogP contribution in [0, 0.1) is 6.92 Å². The fraction of sp³-hybridized carbons (Fsp3) is 0.529. The second-order valence-electron chi connectivity index (χ2n) is 5.27. The maximum atomic E-state index is 5.76. The van der Waals surface area contributed by atoms with Gasteiger partial charge < -0.3 is 24.9 Å². The average Bonchev–Trinajstić information content (AvgIpc) is 2.86. The van der Waals surface area contributed by atoms with Crippen molar-refractivity contribution in [2.45, 2.75) is 13.3 Å². The van der Waals surface area contributed by atoms with Crippen LogP contribution in [-0.2, 0) is 15.9 Å². The fourth-order valence-corrected chi connectivity index (χ4v) is 2.65. The molecule has 1 aromatic carbocycles. The Labute approximate surface area is 142 Å². The molecular formula is C17H26N2O3S. The van der Waals surface area contributed by atoms with E-state index in [2.05, 4.69) is 30.6 Å². The minimum atomic E-state index is 0.522. The summed E-state index contributed by atoms with van der Waals surface area (Å²) in [7, 11) is 0. The summed E-state index contributed by atoms with van der Waals surface area (Å²) in [6, 6.07) is 6.09. The summed E-state index contributed by atoms with van der Waals surface area (Å²) in [5.74, 6) is 1.58. The van der Waals surface area contributed by atoms with Crippen LogP contribution in [0.3, 0.4) is 0 Å². The third kappa shape index (κ3) is 5.42. The first-order valence-corrected chi connectivity index (χ1v) is 8.60. The lowest BCUT2D eigenvalue weighted by Gasteiger charge is -2.08. The molecule has 0 spiro atoms. The summed E-state index contributed by atoms with van der Waals surface area (Å²) >= 11 is 4.07. The minimum absolute atomic E-state index is 0.522. The first-order chi connectivity index (χ1) is 11.3. The molecule has 0 amide bonds. The number of hydrogen-bond donors (Lipinski definition) is 3. The third-order valence-electron chi connectivity index (χ3n) is 3.59. The Morgan fingerprint density at radius 3 is 2.57 bits per heavy atom. The van der Waals surface area contributed by atoms with Gasteiger partial charge in [-0.15, -0.1) is 0 Å². The highest BCUT2D eigenvalue weighted by molar-refractivity contribution is 7.80. The molecule has 23 heavy (non-hydrogen) atoms. The van der Waals surface area contributed by atoms with Gasteiger partial charge in [0.05, 0.1) is 26.4 Å². The van der Waals surface area contributed by atoms with E-state index in [-0.39, 0.29) is 0 Å². The third-order valence-corrected chi connectivity index (χ3v) is 3.77. The molecule has 0 saturated heterocycles. The van der Waals surface area contributed by atoms with Crippen molar-refractivity contribution in [2.24, 2.45) is 5.73 Å². The van der Waals surface area contributed by atoms with Crippen LogP contribution >= 0.6 is 12.6 Å². The van der Waals surface area contributed by atoms with Crippen LogP contribution in [0.15, 0.2) is 18.2 Å². The van der Waals surface area contributed by atoms with Crippen LogP contribution in [0.5, 0.6) is 5.75 Å². The first kappa shape index (κ1) is 18.1. The molecule has 128 valence electrons. The number of aromatic nitrogens is 1. The van der Waals surface area contributed by atoms with E-state index in [0.29, 0.717) is 39.6 Å². The van der Waals surface area contributed by atoms with Crippen LogP contribution in [0.1, 0.15) is 11.3 Å². The van der Waals surface area contributed by atoms with Gasteiger partial charge in [-0.05, 0) is 43.7 Å². The Morgan fingerprint density at radius 2 is 1.83 bits per heavy atom. The van der Waals surface area contributed by atoms with Crippen LogP contribution in [0.4, 0.5) is 0 Å². The van der Waals surface area contributed by atoms with Crippen LogP contribution in [0.2, 0.25) is 0 Å². The maximum Gasteiger partial charge on any atom is 0.120 e. The number of aromatic amines is 1. The molecule has 6 heteroatoms. The molecule has 0 radical (unpaired) electrons. The van der Waals surface area contributed by atoms with Gasteiger partial charge in [-0.2, -0.15) is 12.6 Å². The van der Waals surface area contributed by atoms with Crippen molar-refractivity contribution in [3.63, 3.8) is 0 Å². The molecule has 2 rings (SSSR count). The number of ether oxygens (including phenoxy) is 3. The summed E-state index contributed by atoms with van der Waals surface area (Å²) in [6.07, 6.45) is 0.866. The fourth-order valence-electron chi connectivity index (χ4n) is 2.52. The van der Waals surface area contributed by atoms with E-state index in [4.69, 9.17) is 19.9 Å². The van der Waals surface area contributed by atoms with Gasteiger partial charge in [0.15, 0.2) is 0 Å². The standard InChI is InChI=1S/C17H26N2O3S/c1-13-15(4-5-18)16-12-14(2-3-17(16)19-13)22-9-8-20-6-7-21-10-11-23/h2-3,12,19,23H,4-11,18H2,1H3. The number of H-pyrrole nitrogens is 1. The molecule has 2 aromatic rings. The summed E-state index contributed by atoms with van der Waals surface area (Å²) in [5, 5.41) is 1.19. The van der Waals surface area contributed by atoms with Gasteiger partial charge in [0.2, 0.25) is 0 Å². The predicted molar refractivity (Wildman–Crippen MR) is 96.8 cm³/mol. The number of nitrogens with one attached hydrogen (secondary N) is 1. The lowest BCUT2D eigenvalue weighted by molar-refractivity contribution is 0.0413. The van der Waals surface area contributed by atoms with E-state index in [0.717, 1.165) is 23.4 Å². The van der Waals surface area contributed by atoms with E-state index in [9.17, 15) is 0 Å². The number of benzene rings is 1. The predicted octanol–water partition coefficient (Wildman–Crippen LogP) is 2.32. The van der Waals surface area contributed by atoms with E-state index < -0.39 is 0 Å². The molecule has 3 N–H and O–H groups in total. The number of hydrogen-bond acceptors (Lipinski definition) is 5. The lowest BCUT2D eigenvalue weighted by atomic mass is 10.1. The number of nitrogens with two attached hydrogens (primary N) is 1. The zero-order valence-electron chi connectivity index (χ0n) is 13.6. The Hall–Kier alpha value is -1.21. The van der Waals surface area contributed by atoms with Crippen molar-refractivity contribution in [1.82, 2.24) is 4.98 Å². The Kier molecular flexibility index (Phi) is 7.74. The summed E-state index contributed by atoms with van der Waals surface area (Å²) in [4.78, 5) is 3.38. The van der Waals surface area contributed by atoms with Crippen LogP contribution in [-0.4, -0.2) is 50.3 Å². The first-order valence-electron chi connectivity index (χ1n) is 7.96. The monoisotopic (exact) mass is 338 g/mol. The Bertz CT molecular complexity index is 601. The quantitative estimate of drug-likeness (QED) is 0.434. The zero-order valence-corrected chi connectivity index (χ0v) is 14.5. The number of fused-ring (bicyclic) bond motifs is 1. The summed E-state index contributed by atoms with van der Waals surface area (Å²) in [5.41, 5.74) is 9.26. The van der Waals surface area contributed by atoms with E-state index in [1.54, 1.807) is 0 Å². The highest BCUT2D eigenvalue weighted by atomic mass is 32.1. The van der Waals surface area contributed by atoms with E-state index >= 15 is 0 Å². The highest BCUT2D eigenvalue weighted by Gasteiger charge is 2.08. The highest BCUT2D eigenvalue weighted by Crippen LogP contribution is 2.26. The van der Waals surface area contributed by atoms with Crippen molar-refractivity contribution in [1.29, 1.82) is 0 Å². The smallest absolute Gasteiger partial charge is 0.120 e. The van der Waals surface area contributed by atoms with Gasteiger partial charge in [0.25, 0.3) is 0 Å². The van der Waals surface area contributed by atoms with Gasteiger partial charge in [-0.25, -0.2) is 0 Å². The molecule has 0 aliphatic rings. The SMILES string of the molecule is Cc1[nH]c2ccc(OCCOCCOCCS)cc2c1CCN. The second kappa shape index (κ2) is 9.82. The lowest BCUT2D eigenvalue weighted by Crippen LogP contribution is -2.11. The molecule has 0 fully saturated rings. The van der Waals surface area contributed by atoms with E-state index in [1.165, 1.54) is 16.6 Å². The van der Waals surface area contributed by atoms with Crippen LogP contribution in [0.25, 0.3) is 10.9 Å². The summed E-state index contributed by atoms with van der Waals surface area (Å²) < 4.78 is 16.5. The Balaban J connectivity index is 1.80. The minimum Gasteiger partial charge on any atom is -0.491 e. The van der Waals surface area contributed by atoms with Crippen molar-refractivity contribution in [2.75, 3.05) is 45.3 Å². The summed E-state index contributed by atoms with van der Waals surface area (Å²) in [6.45, 7) is 5.62. The van der Waals surface area contributed by atoms with Gasteiger partial charge in [0, 0.05) is 22.3 Å². The zero-order chi connectivity index (χ0) is 16.5. The molecule has 1 aromatic heterocycles. The second-order valence-corrected chi connectivity index (χ2v) is 5.72. The van der Waals surface area contributed by atoms with Crippen molar-refractivity contribution in [3.05, 3.63) is 29.5 Å². The molecule has 0 unspecified atom stereocenters. The van der Waals surface area contributed by atoms with Crippen LogP contribution < -0.4 is 10.5 Å². The molecule has 0 aliphatic carbocycles.